The van der Waals surface area contributed by atoms with E-state index >= 15 is 4.39 Å². The van der Waals surface area contributed by atoms with E-state index in [-0.39, 0.29) is 23.4 Å². The second kappa shape index (κ2) is 6.83. The molecule has 3 heterocycles. The normalized spacial score (nSPS) is 16.0. The average molecular weight is 408 g/mol. The van der Waals surface area contributed by atoms with Crippen molar-refractivity contribution in [1.29, 1.82) is 0 Å². The minimum atomic E-state index is -0.472. The Balaban J connectivity index is 1.73. The van der Waals surface area contributed by atoms with Crippen molar-refractivity contribution in [3.63, 3.8) is 0 Å². The van der Waals surface area contributed by atoms with Crippen molar-refractivity contribution in [2.75, 3.05) is 20.0 Å². The van der Waals surface area contributed by atoms with Gasteiger partial charge in [-0.15, -0.1) is 0 Å². The number of aromatic nitrogens is 2. The van der Waals surface area contributed by atoms with Gasteiger partial charge in [0.05, 0.1) is 43.2 Å². The zero-order valence-corrected chi connectivity index (χ0v) is 16.7. The van der Waals surface area contributed by atoms with Crippen molar-refractivity contribution in [3.8, 4) is 22.9 Å². The van der Waals surface area contributed by atoms with Gasteiger partial charge < -0.3 is 20.1 Å². The van der Waals surface area contributed by atoms with Gasteiger partial charge in [-0.1, -0.05) is 0 Å². The van der Waals surface area contributed by atoms with Crippen molar-refractivity contribution in [2.24, 2.45) is 0 Å². The van der Waals surface area contributed by atoms with Crippen LogP contribution in [0.4, 0.5) is 10.1 Å². The summed E-state index contributed by atoms with van der Waals surface area (Å²) in [7, 11) is 2.96. The monoisotopic (exact) mass is 408 g/mol. The quantitative estimate of drug-likeness (QED) is 0.710. The van der Waals surface area contributed by atoms with Crippen LogP contribution < -0.4 is 15.2 Å². The molecule has 1 aromatic carbocycles. The van der Waals surface area contributed by atoms with E-state index in [4.69, 9.17) is 20.2 Å². The van der Waals surface area contributed by atoms with Crippen LogP contribution in [-0.2, 0) is 6.54 Å². The molecule has 3 aromatic rings. The fraction of sp³-hybridized carbons (Fsp3) is 0.318. The lowest BCUT2D eigenvalue weighted by Crippen LogP contribution is -2.40. The van der Waals surface area contributed by atoms with Gasteiger partial charge in [-0.3, -0.25) is 4.79 Å². The van der Waals surface area contributed by atoms with E-state index in [2.05, 4.69) is 4.98 Å². The Morgan fingerprint density at radius 3 is 2.57 bits per heavy atom. The molecule has 5 rings (SSSR count). The molecule has 0 radical (unpaired) electrons. The van der Waals surface area contributed by atoms with Gasteiger partial charge in [0.25, 0.3) is 5.91 Å². The summed E-state index contributed by atoms with van der Waals surface area (Å²) in [6.45, 7) is 0.396. The number of carbonyl (C=O) groups excluding carboxylic acids is 1. The fourth-order valence-corrected chi connectivity index (χ4v) is 4.24. The predicted octanol–water partition coefficient (Wildman–Crippen LogP) is 3.54. The molecule has 2 aromatic heterocycles. The molecule has 0 saturated heterocycles. The molecule has 1 aliphatic carbocycles. The number of halogens is 1. The summed E-state index contributed by atoms with van der Waals surface area (Å²) in [5, 5.41) is 0.534. The molecule has 7 nitrogen and oxygen atoms in total. The van der Waals surface area contributed by atoms with Crippen molar-refractivity contribution >= 4 is 22.5 Å². The highest BCUT2D eigenvalue weighted by molar-refractivity contribution is 6.11. The van der Waals surface area contributed by atoms with Gasteiger partial charge in [0.2, 0.25) is 11.8 Å². The summed E-state index contributed by atoms with van der Waals surface area (Å²) >= 11 is 0. The number of nitrogen functional groups attached to an aromatic ring is 1. The van der Waals surface area contributed by atoms with Crippen LogP contribution in [-0.4, -0.2) is 41.0 Å². The standard InChI is InChI=1S/C22H21FN4O3/c1-29-16-9-7-12(21(26-16)30-2)17-14(23)8-6-13-19(24)18-15(25-20(13)17)10-27(22(18)28)11-4-3-5-11/h6-9,11H,3-5,10H2,1-2H3,(H2,24,25). The minimum absolute atomic E-state index is 0.0869. The molecular weight excluding hydrogens is 387 g/mol. The van der Waals surface area contributed by atoms with E-state index in [1.165, 1.54) is 20.3 Å². The van der Waals surface area contributed by atoms with Crippen LogP contribution in [0.5, 0.6) is 11.8 Å². The summed E-state index contributed by atoms with van der Waals surface area (Å²) in [6, 6.07) is 6.44. The van der Waals surface area contributed by atoms with Gasteiger partial charge in [0.15, 0.2) is 0 Å². The third-order valence-corrected chi connectivity index (χ3v) is 6.04. The van der Waals surface area contributed by atoms with Crippen LogP contribution >= 0.6 is 0 Å². The number of methoxy groups -OCH3 is 2. The lowest BCUT2D eigenvalue weighted by Gasteiger charge is -2.34. The van der Waals surface area contributed by atoms with E-state index in [1.54, 1.807) is 18.2 Å². The van der Waals surface area contributed by atoms with Gasteiger partial charge in [-0.05, 0) is 37.5 Å². The number of amides is 1. The average Bonchev–Trinajstić information content (AvgIpc) is 3.02. The fourth-order valence-electron chi connectivity index (χ4n) is 4.24. The van der Waals surface area contributed by atoms with Crippen LogP contribution in [0.15, 0.2) is 24.3 Å². The summed E-state index contributed by atoms with van der Waals surface area (Å²) in [6.07, 6.45) is 3.11. The van der Waals surface area contributed by atoms with E-state index in [0.717, 1.165) is 19.3 Å². The van der Waals surface area contributed by atoms with Crippen LogP contribution in [0.25, 0.3) is 22.0 Å². The molecule has 0 spiro atoms. The number of anilines is 1. The Morgan fingerprint density at radius 2 is 1.90 bits per heavy atom. The zero-order valence-electron chi connectivity index (χ0n) is 16.7. The Bertz CT molecular complexity index is 1190. The van der Waals surface area contributed by atoms with Gasteiger partial charge >= 0.3 is 0 Å². The highest BCUT2D eigenvalue weighted by Crippen LogP contribution is 2.42. The lowest BCUT2D eigenvalue weighted by atomic mass is 9.92. The molecule has 8 heteroatoms. The first kappa shape index (κ1) is 18.6. The Morgan fingerprint density at radius 1 is 1.10 bits per heavy atom. The SMILES string of the molecule is COc1ccc(-c2c(F)ccc3c(N)c4c(nc23)CN(C2CCC2)C4=O)c(OC)n1. The molecule has 154 valence electrons. The minimum Gasteiger partial charge on any atom is -0.481 e. The molecule has 1 amide bonds. The summed E-state index contributed by atoms with van der Waals surface area (Å²) < 4.78 is 25.6. The van der Waals surface area contributed by atoms with E-state index in [1.807, 2.05) is 4.90 Å². The smallest absolute Gasteiger partial charge is 0.258 e. The number of fused-ring (bicyclic) bond motifs is 2. The number of nitrogens with zero attached hydrogens (tertiary/aromatic N) is 3. The predicted molar refractivity (Wildman–Crippen MR) is 110 cm³/mol. The molecule has 30 heavy (non-hydrogen) atoms. The summed E-state index contributed by atoms with van der Waals surface area (Å²) in [4.78, 5) is 23.8. The summed E-state index contributed by atoms with van der Waals surface area (Å²) in [5.74, 6) is 0.0103. The van der Waals surface area contributed by atoms with E-state index < -0.39 is 5.82 Å². The second-order valence-electron chi connectivity index (χ2n) is 7.59. The molecule has 1 fully saturated rings. The first-order chi connectivity index (χ1) is 14.5. The van der Waals surface area contributed by atoms with Crippen LogP contribution in [0.2, 0.25) is 0 Å². The number of benzene rings is 1. The van der Waals surface area contributed by atoms with Crippen LogP contribution in [0.3, 0.4) is 0 Å². The number of nitrogens with two attached hydrogens (primary N) is 1. The number of pyridine rings is 2. The molecular formula is C22H21FN4O3. The largest absolute Gasteiger partial charge is 0.481 e. The van der Waals surface area contributed by atoms with Crippen molar-refractivity contribution < 1.29 is 18.7 Å². The Kier molecular flexibility index (Phi) is 4.23. The van der Waals surface area contributed by atoms with Gasteiger partial charge in [0, 0.05) is 28.6 Å². The molecule has 0 bridgehead atoms. The van der Waals surface area contributed by atoms with Crippen molar-refractivity contribution in [3.05, 3.63) is 41.3 Å². The third kappa shape index (κ3) is 2.59. The van der Waals surface area contributed by atoms with E-state index in [0.29, 0.717) is 45.8 Å². The summed E-state index contributed by atoms with van der Waals surface area (Å²) in [5.41, 5.74) is 8.85. The maximum Gasteiger partial charge on any atom is 0.258 e. The third-order valence-electron chi connectivity index (χ3n) is 6.04. The molecule has 2 N–H and O–H groups in total. The number of carbonyl (C=O) groups is 1. The van der Waals surface area contributed by atoms with Crippen molar-refractivity contribution in [1.82, 2.24) is 14.9 Å². The zero-order chi connectivity index (χ0) is 21.0. The lowest BCUT2D eigenvalue weighted by molar-refractivity contribution is 0.0606. The number of ether oxygens (including phenoxy) is 2. The molecule has 0 unspecified atom stereocenters. The maximum absolute atomic E-state index is 15.1. The molecule has 1 aliphatic heterocycles. The Hall–Kier alpha value is -3.42. The molecule has 1 saturated carbocycles. The number of hydrogen-bond donors (Lipinski definition) is 1. The number of hydrogen-bond acceptors (Lipinski definition) is 6. The molecule has 2 aliphatic rings. The van der Waals surface area contributed by atoms with Gasteiger partial charge in [-0.2, -0.15) is 4.98 Å². The van der Waals surface area contributed by atoms with Gasteiger partial charge in [-0.25, -0.2) is 9.37 Å². The first-order valence-corrected chi connectivity index (χ1v) is 9.84. The first-order valence-electron chi connectivity index (χ1n) is 9.84. The van der Waals surface area contributed by atoms with Crippen molar-refractivity contribution in [2.45, 2.75) is 31.8 Å². The second-order valence-corrected chi connectivity index (χ2v) is 7.59. The number of rotatable bonds is 4. The Labute approximate surface area is 172 Å². The topological polar surface area (TPSA) is 90.6 Å². The van der Waals surface area contributed by atoms with E-state index in [9.17, 15) is 4.79 Å². The molecule has 0 atom stereocenters. The van der Waals surface area contributed by atoms with Crippen LogP contribution in [0, 0.1) is 5.82 Å². The highest BCUT2D eigenvalue weighted by atomic mass is 19.1. The maximum atomic E-state index is 15.1. The van der Waals surface area contributed by atoms with Gasteiger partial charge in [0.1, 0.15) is 5.82 Å². The highest BCUT2D eigenvalue weighted by Gasteiger charge is 2.38. The van der Waals surface area contributed by atoms with Crippen LogP contribution in [0.1, 0.15) is 35.3 Å².